The average molecular weight is 308 g/mol. The topological polar surface area (TPSA) is 58.7 Å². The van der Waals surface area contributed by atoms with Crippen LogP contribution in [0.3, 0.4) is 0 Å². The predicted octanol–water partition coefficient (Wildman–Crippen LogP) is 3.42. The van der Waals surface area contributed by atoms with Gasteiger partial charge in [-0.25, -0.2) is 4.98 Å². The van der Waals surface area contributed by atoms with Crippen LogP contribution in [-0.4, -0.2) is 9.55 Å². The summed E-state index contributed by atoms with van der Waals surface area (Å²) in [6.07, 6.45) is 0. The summed E-state index contributed by atoms with van der Waals surface area (Å²) in [6, 6.07) is 20.1. The second kappa shape index (κ2) is 5.84. The van der Waals surface area contributed by atoms with E-state index in [0.29, 0.717) is 11.4 Å². The molecule has 0 unspecified atom stereocenters. The highest BCUT2D eigenvalue weighted by Gasteiger charge is 2.17. The van der Waals surface area contributed by atoms with Crippen LogP contribution in [0, 0.1) is 11.3 Å². The van der Waals surface area contributed by atoms with Crippen LogP contribution >= 0.6 is 11.6 Å². The normalized spacial score (nSPS) is 10.2. The van der Waals surface area contributed by atoms with E-state index < -0.39 is 5.56 Å². The van der Waals surface area contributed by atoms with Gasteiger partial charge in [-0.15, -0.1) is 0 Å². The van der Waals surface area contributed by atoms with Crippen LogP contribution in [0.2, 0.25) is 5.15 Å². The molecule has 22 heavy (non-hydrogen) atoms. The molecule has 0 amide bonds. The maximum atomic E-state index is 12.6. The van der Waals surface area contributed by atoms with Gasteiger partial charge in [0.1, 0.15) is 6.07 Å². The lowest BCUT2D eigenvalue weighted by Crippen LogP contribution is -2.24. The first-order valence-corrected chi connectivity index (χ1v) is 6.93. The van der Waals surface area contributed by atoms with Crippen molar-refractivity contribution >= 4 is 11.6 Å². The van der Waals surface area contributed by atoms with E-state index in [4.69, 9.17) is 16.9 Å². The molecule has 0 saturated carbocycles. The lowest BCUT2D eigenvalue weighted by molar-refractivity contribution is 0.953. The van der Waals surface area contributed by atoms with Gasteiger partial charge in [-0.1, -0.05) is 60.1 Å². The van der Waals surface area contributed by atoms with Gasteiger partial charge in [0.25, 0.3) is 5.56 Å². The summed E-state index contributed by atoms with van der Waals surface area (Å²) in [4.78, 5) is 16.5. The van der Waals surface area contributed by atoms with Crippen LogP contribution in [0.5, 0.6) is 0 Å². The third kappa shape index (κ3) is 2.39. The summed E-state index contributed by atoms with van der Waals surface area (Å²) in [5, 5.41) is 9.21. The van der Waals surface area contributed by atoms with Crippen LogP contribution < -0.4 is 5.56 Å². The van der Waals surface area contributed by atoms with Gasteiger partial charge in [-0.2, -0.15) is 5.26 Å². The summed E-state index contributed by atoms with van der Waals surface area (Å²) in [5.74, 6) is 0. The second-order valence-corrected chi connectivity index (χ2v) is 4.91. The number of aromatic nitrogens is 2. The number of hydrogen-bond donors (Lipinski definition) is 0. The molecular formula is C17H10ClN3O. The van der Waals surface area contributed by atoms with Crippen LogP contribution in [-0.2, 0) is 0 Å². The Morgan fingerprint density at radius 1 is 1.00 bits per heavy atom. The van der Waals surface area contributed by atoms with Crippen LogP contribution in [0.25, 0.3) is 16.9 Å². The zero-order valence-corrected chi connectivity index (χ0v) is 12.2. The van der Waals surface area contributed by atoms with Crippen molar-refractivity contribution in [2.45, 2.75) is 0 Å². The molecule has 4 nitrogen and oxygen atoms in total. The third-order valence-electron chi connectivity index (χ3n) is 3.20. The van der Waals surface area contributed by atoms with E-state index in [9.17, 15) is 4.79 Å². The minimum absolute atomic E-state index is 0.117. The Bertz CT molecular complexity index is 912. The fourth-order valence-corrected chi connectivity index (χ4v) is 2.52. The third-order valence-corrected chi connectivity index (χ3v) is 3.47. The molecule has 0 spiro atoms. The van der Waals surface area contributed by atoms with Gasteiger partial charge in [0.05, 0.1) is 5.69 Å². The van der Waals surface area contributed by atoms with Crippen molar-refractivity contribution in [3.8, 4) is 23.0 Å². The Kier molecular flexibility index (Phi) is 3.73. The Hall–Kier alpha value is -2.90. The van der Waals surface area contributed by atoms with Crippen molar-refractivity contribution in [2.24, 2.45) is 0 Å². The molecule has 2 aromatic carbocycles. The zero-order chi connectivity index (χ0) is 15.5. The standard InChI is InChI=1S/C17H10ClN3O/c18-16-15(12-7-3-1-4-8-12)21(13-9-5-2-6-10-13)17(22)14(11-19)20-16/h1-10H. The van der Waals surface area contributed by atoms with E-state index in [1.807, 2.05) is 48.5 Å². The summed E-state index contributed by atoms with van der Waals surface area (Å²) < 4.78 is 1.42. The molecule has 0 saturated heterocycles. The summed E-state index contributed by atoms with van der Waals surface area (Å²) in [6.45, 7) is 0. The number of halogens is 1. The first-order chi connectivity index (χ1) is 10.7. The van der Waals surface area contributed by atoms with Crippen molar-refractivity contribution < 1.29 is 0 Å². The molecule has 106 valence electrons. The maximum absolute atomic E-state index is 12.6. The summed E-state index contributed by atoms with van der Waals surface area (Å²) in [7, 11) is 0. The molecule has 3 rings (SSSR count). The number of benzene rings is 2. The van der Waals surface area contributed by atoms with E-state index in [-0.39, 0.29) is 10.8 Å². The fourth-order valence-electron chi connectivity index (χ4n) is 2.24. The monoisotopic (exact) mass is 307 g/mol. The Balaban J connectivity index is 2.43. The molecule has 0 aliphatic heterocycles. The van der Waals surface area contributed by atoms with E-state index >= 15 is 0 Å². The van der Waals surface area contributed by atoms with Gasteiger partial charge in [0.15, 0.2) is 5.15 Å². The Morgan fingerprint density at radius 2 is 1.59 bits per heavy atom. The maximum Gasteiger partial charge on any atom is 0.292 e. The van der Waals surface area contributed by atoms with Crippen LogP contribution in [0.15, 0.2) is 65.5 Å². The first kappa shape index (κ1) is 14.1. The number of rotatable bonds is 2. The molecule has 0 atom stereocenters. The number of nitrogens with zero attached hydrogens (tertiary/aromatic N) is 3. The minimum Gasteiger partial charge on any atom is -0.271 e. The van der Waals surface area contributed by atoms with Gasteiger partial charge in [0, 0.05) is 11.3 Å². The molecule has 0 fully saturated rings. The largest absolute Gasteiger partial charge is 0.292 e. The van der Waals surface area contributed by atoms with E-state index in [2.05, 4.69) is 4.98 Å². The number of nitriles is 1. The molecule has 1 heterocycles. The SMILES string of the molecule is N#Cc1nc(Cl)c(-c2ccccc2)n(-c2ccccc2)c1=O. The quantitative estimate of drug-likeness (QED) is 0.729. The van der Waals surface area contributed by atoms with Crippen LogP contribution in [0.4, 0.5) is 0 Å². The summed E-state index contributed by atoms with van der Waals surface area (Å²) in [5.41, 5.74) is 1.14. The smallest absolute Gasteiger partial charge is 0.271 e. The number of hydrogen-bond acceptors (Lipinski definition) is 3. The highest BCUT2D eigenvalue weighted by atomic mass is 35.5. The molecule has 1 aromatic heterocycles. The van der Waals surface area contributed by atoms with Crippen molar-refractivity contribution in [1.29, 1.82) is 5.26 Å². The van der Waals surface area contributed by atoms with Gasteiger partial charge < -0.3 is 0 Å². The van der Waals surface area contributed by atoms with Gasteiger partial charge >= 0.3 is 0 Å². The zero-order valence-electron chi connectivity index (χ0n) is 11.4. The van der Waals surface area contributed by atoms with E-state index in [1.165, 1.54) is 4.57 Å². The van der Waals surface area contributed by atoms with Gasteiger partial charge in [-0.05, 0) is 12.1 Å². The molecule has 5 heteroatoms. The van der Waals surface area contributed by atoms with Crippen molar-refractivity contribution in [3.05, 3.63) is 81.9 Å². The predicted molar refractivity (Wildman–Crippen MR) is 85.0 cm³/mol. The van der Waals surface area contributed by atoms with Crippen LogP contribution in [0.1, 0.15) is 5.69 Å². The summed E-state index contributed by atoms with van der Waals surface area (Å²) >= 11 is 6.25. The molecule has 3 aromatic rings. The number of para-hydroxylation sites is 1. The van der Waals surface area contributed by atoms with Gasteiger partial charge in [-0.3, -0.25) is 9.36 Å². The van der Waals surface area contributed by atoms with Crippen molar-refractivity contribution in [2.75, 3.05) is 0 Å². The lowest BCUT2D eigenvalue weighted by atomic mass is 10.1. The fraction of sp³-hybridized carbons (Fsp3) is 0. The Labute approximate surface area is 131 Å². The van der Waals surface area contributed by atoms with E-state index in [0.717, 1.165) is 5.56 Å². The van der Waals surface area contributed by atoms with E-state index in [1.54, 1.807) is 18.2 Å². The highest BCUT2D eigenvalue weighted by Crippen LogP contribution is 2.27. The minimum atomic E-state index is -0.489. The lowest BCUT2D eigenvalue weighted by Gasteiger charge is -2.14. The highest BCUT2D eigenvalue weighted by molar-refractivity contribution is 6.31. The Morgan fingerprint density at radius 3 is 2.18 bits per heavy atom. The molecule has 0 aliphatic rings. The molecular weight excluding hydrogens is 298 g/mol. The first-order valence-electron chi connectivity index (χ1n) is 6.56. The average Bonchev–Trinajstić information content (AvgIpc) is 2.57. The van der Waals surface area contributed by atoms with Crippen molar-refractivity contribution in [3.63, 3.8) is 0 Å². The van der Waals surface area contributed by atoms with Crippen molar-refractivity contribution in [1.82, 2.24) is 9.55 Å². The molecule has 0 aliphatic carbocycles. The van der Waals surface area contributed by atoms with Gasteiger partial charge in [0.2, 0.25) is 5.69 Å². The second-order valence-electron chi connectivity index (χ2n) is 4.55. The molecule has 0 N–H and O–H groups in total. The molecule has 0 radical (unpaired) electrons. The molecule has 0 bridgehead atoms.